The predicted octanol–water partition coefficient (Wildman–Crippen LogP) is 4.53. The van der Waals surface area contributed by atoms with Crippen LogP contribution >= 0.6 is 0 Å². The Morgan fingerprint density at radius 3 is 2.32 bits per heavy atom. The minimum atomic E-state index is 0.758. The molecule has 0 heterocycles. The Morgan fingerprint density at radius 1 is 0.895 bits per heavy atom. The molecule has 0 aromatic rings. The Bertz CT molecular complexity index is 188. The SMILES string of the molecule is CCCCCCCCOCCNC1CCC(C)CC1. The Hall–Kier alpha value is -0.0800. The average molecular weight is 269 g/mol. The maximum Gasteiger partial charge on any atom is 0.0590 e. The minimum absolute atomic E-state index is 0.758. The summed E-state index contributed by atoms with van der Waals surface area (Å²) in [4.78, 5) is 0. The Kier molecular flexibility index (Phi) is 10.5. The fraction of sp³-hybridized carbons (Fsp3) is 1.00. The van der Waals surface area contributed by atoms with E-state index in [1.807, 2.05) is 0 Å². The fourth-order valence-electron chi connectivity index (χ4n) is 2.89. The van der Waals surface area contributed by atoms with Crippen molar-refractivity contribution < 1.29 is 4.74 Å². The van der Waals surface area contributed by atoms with E-state index in [-0.39, 0.29) is 0 Å². The van der Waals surface area contributed by atoms with Crippen LogP contribution in [0.3, 0.4) is 0 Å². The third-order valence-corrected chi connectivity index (χ3v) is 4.34. The Morgan fingerprint density at radius 2 is 1.58 bits per heavy atom. The molecule has 2 nitrogen and oxygen atoms in total. The number of ether oxygens (including phenoxy) is 1. The van der Waals surface area contributed by atoms with Crippen LogP contribution in [-0.2, 0) is 4.74 Å². The third-order valence-electron chi connectivity index (χ3n) is 4.34. The lowest BCUT2D eigenvalue weighted by molar-refractivity contribution is 0.127. The van der Waals surface area contributed by atoms with E-state index in [0.717, 1.165) is 31.7 Å². The zero-order valence-corrected chi connectivity index (χ0v) is 13.3. The van der Waals surface area contributed by atoms with E-state index >= 15 is 0 Å². The van der Waals surface area contributed by atoms with Gasteiger partial charge in [0, 0.05) is 19.2 Å². The zero-order chi connectivity index (χ0) is 13.8. The summed E-state index contributed by atoms with van der Waals surface area (Å²) in [6.45, 7) is 7.52. The van der Waals surface area contributed by atoms with Gasteiger partial charge in [-0.2, -0.15) is 0 Å². The van der Waals surface area contributed by atoms with Crippen LogP contribution in [0.15, 0.2) is 0 Å². The highest BCUT2D eigenvalue weighted by molar-refractivity contribution is 4.74. The van der Waals surface area contributed by atoms with Gasteiger partial charge in [-0.05, 0) is 38.0 Å². The molecule has 1 rings (SSSR count). The van der Waals surface area contributed by atoms with Gasteiger partial charge in [0.05, 0.1) is 6.61 Å². The first-order valence-electron chi connectivity index (χ1n) is 8.64. The van der Waals surface area contributed by atoms with Gasteiger partial charge in [0.15, 0.2) is 0 Å². The van der Waals surface area contributed by atoms with E-state index in [2.05, 4.69) is 19.2 Å². The lowest BCUT2D eigenvalue weighted by atomic mass is 9.87. The maximum absolute atomic E-state index is 5.69. The van der Waals surface area contributed by atoms with Crippen molar-refractivity contribution in [3.05, 3.63) is 0 Å². The lowest BCUT2D eigenvalue weighted by Crippen LogP contribution is -2.35. The van der Waals surface area contributed by atoms with Crippen LogP contribution in [-0.4, -0.2) is 25.8 Å². The lowest BCUT2D eigenvalue weighted by Gasteiger charge is -2.26. The van der Waals surface area contributed by atoms with Gasteiger partial charge < -0.3 is 10.1 Å². The highest BCUT2D eigenvalue weighted by Gasteiger charge is 2.16. The van der Waals surface area contributed by atoms with E-state index in [1.54, 1.807) is 0 Å². The van der Waals surface area contributed by atoms with Gasteiger partial charge in [0.25, 0.3) is 0 Å². The predicted molar refractivity (Wildman–Crippen MR) is 83.6 cm³/mol. The molecule has 19 heavy (non-hydrogen) atoms. The molecule has 0 amide bonds. The molecular weight excluding hydrogens is 234 g/mol. The molecule has 1 N–H and O–H groups in total. The maximum atomic E-state index is 5.69. The molecule has 0 aromatic carbocycles. The molecule has 0 aromatic heterocycles. The second kappa shape index (κ2) is 11.7. The molecular formula is C17H35NO. The number of nitrogens with one attached hydrogen (secondary N) is 1. The molecule has 0 bridgehead atoms. The molecule has 0 unspecified atom stereocenters. The Balaban J connectivity index is 1.76. The van der Waals surface area contributed by atoms with Crippen molar-refractivity contribution in [2.45, 2.75) is 84.1 Å². The number of hydrogen-bond acceptors (Lipinski definition) is 2. The van der Waals surface area contributed by atoms with E-state index in [0.29, 0.717) is 0 Å². The normalized spacial score (nSPS) is 23.7. The van der Waals surface area contributed by atoms with Crippen molar-refractivity contribution in [1.82, 2.24) is 5.32 Å². The van der Waals surface area contributed by atoms with Crippen molar-refractivity contribution in [3.8, 4) is 0 Å². The van der Waals surface area contributed by atoms with Crippen LogP contribution in [0.4, 0.5) is 0 Å². The zero-order valence-electron chi connectivity index (χ0n) is 13.3. The second-order valence-corrected chi connectivity index (χ2v) is 6.29. The van der Waals surface area contributed by atoms with E-state index < -0.39 is 0 Å². The summed E-state index contributed by atoms with van der Waals surface area (Å²) in [6.07, 6.45) is 13.6. The standard InChI is InChI=1S/C17H35NO/c1-3-4-5-6-7-8-14-19-15-13-18-17-11-9-16(2)10-12-17/h16-18H,3-15H2,1-2H3. The van der Waals surface area contributed by atoms with Gasteiger partial charge >= 0.3 is 0 Å². The average Bonchev–Trinajstić information content (AvgIpc) is 2.43. The van der Waals surface area contributed by atoms with Crippen LogP contribution in [0.5, 0.6) is 0 Å². The molecule has 1 aliphatic rings. The summed E-state index contributed by atoms with van der Waals surface area (Å²) in [6, 6.07) is 0.758. The number of unbranched alkanes of at least 4 members (excludes halogenated alkanes) is 5. The molecule has 1 saturated carbocycles. The molecule has 1 fully saturated rings. The molecule has 0 atom stereocenters. The minimum Gasteiger partial charge on any atom is -0.380 e. The second-order valence-electron chi connectivity index (χ2n) is 6.29. The molecule has 114 valence electrons. The van der Waals surface area contributed by atoms with Crippen molar-refractivity contribution >= 4 is 0 Å². The van der Waals surface area contributed by atoms with Gasteiger partial charge in [-0.1, -0.05) is 46.0 Å². The first-order chi connectivity index (χ1) is 9.33. The van der Waals surface area contributed by atoms with E-state index in [4.69, 9.17) is 4.74 Å². The topological polar surface area (TPSA) is 21.3 Å². The van der Waals surface area contributed by atoms with Gasteiger partial charge in [-0.25, -0.2) is 0 Å². The molecule has 1 aliphatic carbocycles. The molecule has 0 spiro atoms. The fourth-order valence-corrected chi connectivity index (χ4v) is 2.89. The first-order valence-corrected chi connectivity index (χ1v) is 8.64. The third kappa shape index (κ3) is 9.45. The van der Waals surface area contributed by atoms with Crippen LogP contribution in [0, 0.1) is 5.92 Å². The van der Waals surface area contributed by atoms with Crippen LogP contribution < -0.4 is 5.32 Å². The van der Waals surface area contributed by atoms with Crippen LogP contribution in [0.1, 0.15) is 78.1 Å². The highest BCUT2D eigenvalue weighted by atomic mass is 16.5. The van der Waals surface area contributed by atoms with Gasteiger partial charge in [-0.3, -0.25) is 0 Å². The Labute approximate surface area is 120 Å². The van der Waals surface area contributed by atoms with Gasteiger partial charge in [-0.15, -0.1) is 0 Å². The first kappa shape index (κ1) is 17.0. The number of hydrogen-bond donors (Lipinski definition) is 1. The van der Waals surface area contributed by atoms with Crippen molar-refractivity contribution in [3.63, 3.8) is 0 Å². The summed E-state index contributed by atoms with van der Waals surface area (Å²) >= 11 is 0. The summed E-state index contributed by atoms with van der Waals surface area (Å²) < 4.78 is 5.69. The van der Waals surface area contributed by atoms with Crippen molar-refractivity contribution in [1.29, 1.82) is 0 Å². The largest absolute Gasteiger partial charge is 0.380 e. The van der Waals surface area contributed by atoms with Gasteiger partial charge in [0.2, 0.25) is 0 Å². The van der Waals surface area contributed by atoms with Crippen molar-refractivity contribution in [2.75, 3.05) is 19.8 Å². The summed E-state index contributed by atoms with van der Waals surface area (Å²) in [5, 5.41) is 3.64. The van der Waals surface area contributed by atoms with E-state index in [9.17, 15) is 0 Å². The highest BCUT2D eigenvalue weighted by Crippen LogP contribution is 2.23. The summed E-state index contributed by atoms with van der Waals surface area (Å²) in [7, 11) is 0. The molecule has 0 saturated heterocycles. The molecule has 0 radical (unpaired) electrons. The van der Waals surface area contributed by atoms with Crippen LogP contribution in [0.25, 0.3) is 0 Å². The summed E-state index contributed by atoms with van der Waals surface area (Å²) in [5.74, 6) is 0.946. The van der Waals surface area contributed by atoms with Gasteiger partial charge in [0.1, 0.15) is 0 Å². The smallest absolute Gasteiger partial charge is 0.0590 e. The molecule has 2 heteroatoms. The van der Waals surface area contributed by atoms with Crippen molar-refractivity contribution in [2.24, 2.45) is 5.92 Å². The summed E-state index contributed by atoms with van der Waals surface area (Å²) in [5.41, 5.74) is 0. The van der Waals surface area contributed by atoms with E-state index in [1.165, 1.54) is 64.2 Å². The monoisotopic (exact) mass is 269 g/mol. The van der Waals surface area contributed by atoms with Crippen LogP contribution in [0.2, 0.25) is 0 Å². The quantitative estimate of drug-likeness (QED) is 0.556. The number of rotatable bonds is 11. The molecule has 0 aliphatic heterocycles.